The van der Waals surface area contributed by atoms with E-state index in [1.807, 2.05) is 6.07 Å². The molecule has 6 heteroatoms. The van der Waals surface area contributed by atoms with Crippen molar-refractivity contribution in [1.82, 2.24) is 0 Å². The van der Waals surface area contributed by atoms with Gasteiger partial charge in [0.15, 0.2) is 6.16 Å². The highest BCUT2D eigenvalue weighted by Gasteiger charge is 2.30. The molecule has 0 radical (unpaired) electrons. The zero-order valence-electron chi connectivity index (χ0n) is 16.3. The summed E-state index contributed by atoms with van der Waals surface area (Å²) >= 11 is 0. The first-order valence-electron chi connectivity index (χ1n) is 8.95. The topological polar surface area (TPSA) is 61.8 Å². The van der Waals surface area contributed by atoms with E-state index in [9.17, 15) is 9.36 Å². The summed E-state index contributed by atoms with van der Waals surface area (Å²) in [4.78, 5) is 13.3. The molecule has 0 aromatic heterocycles. The third-order valence-electron chi connectivity index (χ3n) is 4.32. The quantitative estimate of drug-likeness (QED) is 0.338. The van der Waals surface area contributed by atoms with E-state index in [4.69, 9.17) is 14.2 Å². The van der Waals surface area contributed by atoms with Crippen LogP contribution in [0.2, 0.25) is 0 Å². The zero-order valence-corrected chi connectivity index (χ0v) is 17.2. The van der Waals surface area contributed by atoms with Crippen molar-refractivity contribution in [2.24, 2.45) is 0 Å². The van der Waals surface area contributed by atoms with Crippen LogP contribution < -0.4 is 19.5 Å². The number of unbranched alkanes of at least 4 members (excludes halogenated alkanes) is 2. The van der Waals surface area contributed by atoms with Crippen LogP contribution in [0.3, 0.4) is 0 Å². The molecule has 0 heterocycles. The lowest BCUT2D eigenvalue weighted by Gasteiger charge is -2.14. The SMILES string of the molecule is CCCCC[P+](=O)c1ccccc1C(=O)c1c(OC)cc(OC)cc1OC. The summed E-state index contributed by atoms with van der Waals surface area (Å²) in [7, 11) is 2.86. The van der Waals surface area contributed by atoms with Crippen LogP contribution in [0.5, 0.6) is 17.2 Å². The summed E-state index contributed by atoms with van der Waals surface area (Å²) in [6.45, 7) is 2.10. The van der Waals surface area contributed by atoms with Gasteiger partial charge in [-0.05, 0) is 25.0 Å². The molecule has 5 nitrogen and oxygen atoms in total. The number of ether oxygens (including phenoxy) is 3. The Balaban J connectivity index is 2.49. The highest BCUT2D eigenvalue weighted by molar-refractivity contribution is 7.53. The van der Waals surface area contributed by atoms with Crippen LogP contribution in [0, 0.1) is 0 Å². The van der Waals surface area contributed by atoms with Crippen molar-refractivity contribution in [2.75, 3.05) is 27.5 Å². The Bertz CT molecular complexity index is 791. The van der Waals surface area contributed by atoms with E-state index in [2.05, 4.69) is 6.92 Å². The van der Waals surface area contributed by atoms with Gasteiger partial charge in [-0.25, -0.2) is 0 Å². The molecule has 0 aliphatic rings. The normalized spacial score (nSPS) is 11.0. The van der Waals surface area contributed by atoms with Crippen LogP contribution in [0.4, 0.5) is 0 Å². The summed E-state index contributed by atoms with van der Waals surface area (Å²) in [5.74, 6) is 0.958. The van der Waals surface area contributed by atoms with Gasteiger partial charge < -0.3 is 14.2 Å². The number of rotatable bonds is 10. The van der Waals surface area contributed by atoms with E-state index in [1.54, 1.807) is 30.3 Å². The molecule has 2 aromatic carbocycles. The summed E-state index contributed by atoms with van der Waals surface area (Å²) in [6.07, 6.45) is 3.54. The Morgan fingerprint density at radius 2 is 1.59 bits per heavy atom. The van der Waals surface area contributed by atoms with Crippen LogP contribution in [0.15, 0.2) is 36.4 Å². The molecule has 0 bridgehead atoms. The molecule has 27 heavy (non-hydrogen) atoms. The third-order valence-corrected chi connectivity index (χ3v) is 5.97. The zero-order chi connectivity index (χ0) is 19.8. The molecule has 2 aromatic rings. The Morgan fingerprint density at radius 3 is 2.15 bits per heavy atom. The lowest BCUT2D eigenvalue weighted by atomic mass is 10.0. The van der Waals surface area contributed by atoms with Crippen LogP contribution in [0.1, 0.15) is 42.1 Å². The molecule has 0 fully saturated rings. The van der Waals surface area contributed by atoms with Crippen molar-refractivity contribution in [3.05, 3.63) is 47.5 Å². The highest BCUT2D eigenvalue weighted by Crippen LogP contribution is 2.36. The maximum absolute atomic E-state index is 13.3. The lowest BCUT2D eigenvalue weighted by molar-refractivity contribution is 0.103. The minimum atomic E-state index is -1.65. The Hall–Kier alpha value is -2.39. The summed E-state index contributed by atoms with van der Waals surface area (Å²) in [5.41, 5.74) is 0.710. The average molecular weight is 389 g/mol. The minimum absolute atomic E-state index is 0.277. The second-order valence-electron chi connectivity index (χ2n) is 6.06. The van der Waals surface area contributed by atoms with Crippen molar-refractivity contribution in [2.45, 2.75) is 26.2 Å². The maximum atomic E-state index is 13.3. The average Bonchev–Trinajstić information content (AvgIpc) is 2.72. The van der Waals surface area contributed by atoms with Crippen LogP contribution in [-0.2, 0) is 4.57 Å². The van der Waals surface area contributed by atoms with Crippen molar-refractivity contribution in [3.8, 4) is 17.2 Å². The smallest absolute Gasteiger partial charge is 0.377 e. The number of methoxy groups -OCH3 is 3. The van der Waals surface area contributed by atoms with Crippen molar-refractivity contribution in [1.29, 1.82) is 0 Å². The molecule has 0 saturated carbocycles. The van der Waals surface area contributed by atoms with Crippen molar-refractivity contribution >= 4 is 18.9 Å². The molecule has 1 unspecified atom stereocenters. The molecule has 0 spiro atoms. The fourth-order valence-corrected chi connectivity index (χ4v) is 4.32. The van der Waals surface area contributed by atoms with E-state index in [0.29, 0.717) is 39.8 Å². The fourth-order valence-electron chi connectivity index (χ4n) is 2.87. The molecular formula is C21H26O5P+. The predicted octanol–water partition coefficient (Wildman–Crippen LogP) is 4.59. The molecule has 0 aliphatic heterocycles. The van der Waals surface area contributed by atoms with Gasteiger partial charge in [-0.3, -0.25) is 4.79 Å². The van der Waals surface area contributed by atoms with E-state index in [-0.39, 0.29) is 5.78 Å². The molecule has 2 rings (SSSR count). The molecule has 0 saturated heterocycles. The standard InChI is InChI=1S/C21H26O5P/c1-5-6-9-12-27(23)19-11-8-7-10-16(19)21(22)20-17(25-3)13-15(24-2)14-18(20)26-4/h7-8,10-11,13-14H,5-6,9,12H2,1-4H3/q+1. The molecular weight excluding hydrogens is 363 g/mol. The van der Waals surface area contributed by atoms with Gasteiger partial charge in [0.25, 0.3) is 0 Å². The van der Waals surface area contributed by atoms with Crippen LogP contribution >= 0.6 is 7.80 Å². The van der Waals surface area contributed by atoms with Gasteiger partial charge in [-0.15, -0.1) is 0 Å². The molecule has 0 N–H and O–H groups in total. The molecule has 144 valence electrons. The Morgan fingerprint density at radius 1 is 0.963 bits per heavy atom. The van der Waals surface area contributed by atoms with Crippen molar-refractivity contribution < 1.29 is 23.6 Å². The monoisotopic (exact) mass is 389 g/mol. The third kappa shape index (κ3) is 4.86. The molecule has 1 atom stereocenters. The largest absolute Gasteiger partial charge is 0.496 e. The van der Waals surface area contributed by atoms with Crippen LogP contribution in [0.25, 0.3) is 0 Å². The number of hydrogen-bond donors (Lipinski definition) is 0. The number of carbonyl (C=O) groups is 1. The summed E-state index contributed by atoms with van der Waals surface area (Å²) < 4.78 is 28.8. The summed E-state index contributed by atoms with van der Waals surface area (Å²) in [6, 6.07) is 10.3. The number of carbonyl (C=O) groups excluding carboxylic acids is 1. The first-order chi connectivity index (χ1) is 13.1. The molecule has 0 aliphatic carbocycles. The van der Waals surface area contributed by atoms with Gasteiger partial charge in [-0.2, -0.15) is 0 Å². The Kier molecular flexibility index (Phi) is 7.81. The van der Waals surface area contributed by atoms with Gasteiger partial charge in [-0.1, -0.05) is 30.0 Å². The van der Waals surface area contributed by atoms with Gasteiger partial charge in [0.1, 0.15) is 22.8 Å². The number of benzene rings is 2. The fraction of sp³-hybridized carbons (Fsp3) is 0.381. The van der Waals surface area contributed by atoms with Gasteiger partial charge in [0.2, 0.25) is 11.1 Å². The van der Waals surface area contributed by atoms with E-state index >= 15 is 0 Å². The van der Waals surface area contributed by atoms with E-state index in [1.165, 1.54) is 21.3 Å². The van der Waals surface area contributed by atoms with Gasteiger partial charge in [0.05, 0.1) is 26.9 Å². The van der Waals surface area contributed by atoms with E-state index < -0.39 is 7.80 Å². The first kappa shape index (κ1) is 20.9. The van der Waals surface area contributed by atoms with E-state index in [0.717, 1.165) is 19.3 Å². The second-order valence-corrected chi connectivity index (χ2v) is 7.75. The highest BCUT2D eigenvalue weighted by atomic mass is 31.1. The Labute approximate surface area is 161 Å². The summed E-state index contributed by atoms with van der Waals surface area (Å²) in [5, 5.41) is 0.577. The second kappa shape index (κ2) is 10.1. The van der Waals surface area contributed by atoms with Gasteiger partial charge >= 0.3 is 7.80 Å². The van der Waals surface area contributed by atoms with Gasteiger partial charge in [0, 0.05) is 12.1 Å². The maximum Gasteiger partial charge on any atom is 0.377 e. The minimum Gasteiger partial charge on any atom is -0.496 e. The predicted molar refractivity (Wildman–Crippen MR) is 108 cm³/mol. The van der Waals surface area contributed by atoms with Crippen molar-refractivity contribution in [3.63, 3.8) is 0 Å². The number of ketones is 1. The number of hydrogen-bond acceptors (Lipinski definition) is 5. The lowest BCUT2D eigenvalue weighted by Crippen LogP contribution is -2.16. The van der Waals surface area contributed by atoms with Crippen LogP contribution in [-0.4, -0.2) is 33.3 Å². The first-order valence-corrected chi connectivity index (χ1v) is 10.4. The molecule has 0 amide bonds.